The number of urea groups is 1. The van der Waals surface area contributed by atoms with Gasteiger partial charge in [0.05, 0.1) is 13.2 Å². The van der Waals surface area contributed by atoms with Gasteiger partial charge in [0.15, 0.2) is 0 Å². The zero-order valence-electron chi connectivity index (χ0n) is 11.7. The van der Waals surface area contributed by atoms with Gasteiger partial charge in [-0.3, -0.25) is 0 Å². The van der Waals surface area contributed by atoms with Crippen LogP contribution in [0.3, 0.4) is 0 Å². The fraction of sp³-hybridized carbons (Fsp3) is 0.533. The maximum absolute atomic E-state index is 11.9. The Balaban J connectivity index is 1.82. The van der Waals surface area contributed by atoms with Crippen molar-refractivity contribution >= 4 is 6.03 Å². The van der Waals surface area contributed by atoms with Crippen molar-refractivity contribution in [2.45, 2.75) is 26.3 Å². The average Bonchev–Trinajstić information content (AvgIpc) is 2.46. The molecule has 1 aliphatic rings. The molecule has 0 aromatic heterocycles. The smallest absolute Gasteiger partial charge is 0.317 e. The van der Waals surface area contributed by atoms with E-state index in [1.807, 2.05) is 0 Å². The van der Waals surface area contributed by atoms with Crippen LogP contribution in [0.5, 0.6) is 0 Å². The van der Waals surface area contributed by atoms with Crippen molar-refractivity contribution in [3.63, 3.8) is 0 Å². The molecule has 1 aromatic carbocycles. The van der Waals surface area contributed by atoms with Crippen LogP contribution in [0.15, 0.2) is 24.3 Å². The van der Waals surface area contributed by atoms with Crippen molar-refractivity contribution in [2.75, 3.05) is 26.3 Å². The van der Waals surface area contributed by atoms with E-state index in [2.05, 4.69) is 43.4 Å². The summed E-state index contributed by atoms with van der Waals surface area (Å²) in [6.07, 6.45) is 0. The van der Waals surface area contributed by atoms with Crippen molar-refractivity contribution in [3.8, 4) is 0 Å². The molecule has 1 aliphatic heterocycles. The number of hydrogen-bond donors (Lipinski definition) is 1. The number of carbonyl (C=O) groups is 1. The zero-order chi connectivity index (χ0) is 13.7. The van der Waals surface area contributed by atoms with Gasteiger partial charge in [-0.05, 0) is 17.0 Å². The summed E-state index contributed by atoms with van der Waals surface area (Å²) in [6, 6.07) is 8.40. The number of carbonyl (C=O) groups excluding carboxylic acids is 1. The molecule has 4 heteroatoms. The van der Waals surface area contributed by atoms with Gasteiger partial charge >= 0.3 is 6.03 Å². The Kier molecular flexibility index (Phi) is 4.80. The van der Waals surface area contributed by atoms with Crippen LogP contribution in [0.25, 0.3) is 0 Å². The summed E-state index contributed by atoms with van der Waals surface area (Å²) in [5, 5.41) is 2.95. The van der Waals surface area contributed by atoms with Gasteiger partial charge in [0.1, 0.15) is 0 Å². The van der Waals surface area contributed by atoms with Crippen molar-refractivity contribution in [3.05, 3.63) is 35.4 Å². The molecular weight excluding hydrogens is 240 g/mol. The summed E-state index contributed by atoms with van der Waals surface area (Å²) in [5.74, 6) is 0.539. The second-order valence-electron chi connectivity index (χ2n) is 5.15. The highest BCUT2D eigenvalue weighted by molar-refractivity contribution is 5.74. The van der Waals surface area contributed by atoms with E-state index in [-0.39, 0.29) is 6.03 Å². The average molecular weight is 262 g/mol. The number of hydrogen-bond acceptors (Lipinski definition) is 2. The fourth-order valence-corrected chi connectivity index (χ4v) is 2.08. The van der Waals surface area contributed by atoms with Gasteiger partial charge in [-0.1, -0.05) is 38.1 Å². The van der Waals surface area contributed by atoms with Crippen LogP contribution in [0, 0.1) is 0 Å². The predicted octanol–water partition coefficient (Wildman–Crippen LogP) is 2.35. The van der Waals surface area contributed by atoms with Crippen molar-refractivity contribution in [2.24, 2.45) is 0 Å². The molecule has 2 rings (SSSR count). The first kappa shape index (κ1) is 13.9. The van der Waals surface area contributed by atoms with E-state index in [9.17, 15) is 4.79 Å². The van der Waals surface area contributed by atoms with Gasteiger partial charge in [-0.2, -0.15) is 0 Å². The summed E-state index contributed by atoms with van der Waals surface area (Å²) in [5.41, 5.74) is 2.45. The molecule has 0 atom stereocenters. The van der Waals surface area contributed by atoms with Crippen molar-refractivity contribution in [1.82, 2.24) is 10.2 Å². The van der Waals surface area contributed by atoms with Crippen LogP contribution in [-0.4, -0.2) is 37.2 Å². The topological polar surface area (TPSA) is 41.6 Å². The van der Waals surface area contributed by atoms with E-state index < -0.39 is 0 Å². The lowest BCUT2D eigenvalue weighted by Crippen LogP contribution is -2.45. The lowest BCUT2D eigenvalue weighted by atomic mass is 10.0. The summed E-state index contributed by atoms with van der Waals surface area (Å²) >= 11 is 0. The molecule has 2 amide bonds. The first-order chi connectivity index (χ1) is 9.16. The molecule has 1 saturated heterocycles. The fourth-order valence-electron chi connectivity index (χ4n) is 2.08. The normalized spacial score (nSPS) is 15.6. The molecule has 1 aromatic rings. The lowest BCUT2D eigenvalue weighted by Gasteiger charge is -2.26. The van der Waals surface area contributed by atoms with Gasteiger partial charge in [0.25, 0.3) is 0 Å². The van der Waals surface area contributed by atoms with Crippen LogP contribution in [0.2, 0.25) is 0 Å². The number of amides is 2. The van der Waals surface area contributed by atoms with Gasteiger partial charge in [-0.15, -0.1) is 0 Å². The molecule has 1 fully saturated rings. The SMILES string of the molecule is CC(C)c1ccc(CNC(=O)N2CCOCC2)cc1. The number of morpholine rings is 1. The van der Waals surface area contributed by atoms with E-state index >= 15 is 0 Å². The third-order valence-corrected chi connectivity index (χ3v) is 3.39. The highest BCUT2D eigenvalue weighted by Crippen LogP contribution is 2.14. The molecule has 0 spiro atoms. The highest BCUT2D eigenvalue weighted by Gasteiger charge is 2.15. The van der Waals surface area contributed by atoms with Gasteiger partial charge in [-0.25, -0.2) is 4.79 Å². The minimum Gasteiger partial charge on any atom is -0.378 e. The Hall–Kier alpha value is -1.55. The second-order valence-corrected chi connectivity index (χ2v) is 5.15. The Morgan fingerprint density at radius 3 is 2.47 bits per heavy atom. The number of nitrogens with one attached hydrogen (secondary N) is 1. The van der Waals surface area contributed by atoms with Crippen LogP contribution in [0.4, 0.5) is 4.79 Å². The summed E-state index contributed by atoms with van der Waals surface area (Å²) in [6.45, 7) is 7.56. The lowest BCUT2D eigenvalue weighted by molar-refractivity contribution is 0.0531. The maximum Gasteiger partial charge on any atom is 0.317 e. The summed E-state index contributed by atoms with van der Waals surface area (Å²) < 4.78 is 5.23. The molecule has 104 valence electrons. The minimum absolute atomic E-state index is 0.00349. The number of rotatable bonds is 3. The molecule has 0 saturated carbocycles. The molecule has 19 heavy (non-hydrogen) atoms. The number of benzene rings is 1. The monoisotopic (exact) mass is 262 g/mol. The van der Waals surface area contributed by atoms with Crippen LogP contribution >= 0.6 is 0 Å². The number of ether oxygens (including phenoxy) is 1. The quantitative estimate of drug-likeness (QED) is 0.908. The van der Waals surface area contributed by atoms with Crippen LogP contribution in [-0.2, 0) is 11.3 Å². The summed E-state index contributed by atoms with van der Waals surface area (Å²) in [7, 11) is 0. The van der Waals surface area contributed by atoms with E-state index in [1.165, 1.54) is 5.56 Å². The molecule has 0 aliphatic carbocycles. The first-order valence-corrected chi connectivity index (χ1v) is 6.86. The van der Waals surface area contributed by atoms with Crippen molar-refractivity contribution < 1.29 is 9.53 Å². The first-order valence-electron chi connectivity index (χ1n) is 6.86. The Morgan fingerprint density at radius 1 is 1.26 bits per heavy atom. The predicted molar refractivity (Wildman–Crippen MR) is 75.2 cm³/mol. The Bertz CT molecular complexity index is 409. The standard InChI is InChI=1S/C15H22N2O2/c1-12(2)14-5-3-13(4-6-14)11-16-15(18)17-7-9-19-10-8-17/h3-6,12H,7-11H2,1-2H3,(H,16,18). The number of nitrogens with zero attached hydrogens (tertiary/aromatic N) is 1. The van der Waals surface area contributed by atoms with Crippen LogP contribution in [0.1, 0.15) is 30.9 Å². The van der Waals surface area contributed by atoms with Gasteiger partial charge < -0.3 is 15.0 Å². The van der Waals surface area contributed by atoms with Crippen molar-refractivity contribution in [1.29, 1.82) is 0 Å². The van der Waals surface area contributed by atoms with Gasteiger partial charge in [0.2, 0.25) is 0 Å². The van der Waals surface area contributed by atoms with E-state index in [0.29, 0.717) is 38.8 Å². The zero-order valence-corrected chi connectivity index (χ0v) is 11.7. The van der Waals surface area contributed by atoms with E-state index in [1.54, 1.807) is 4.90 Å². The van der Waals surface area contributed by atoms with Gasteiger partial charge in [0, 0.05) is 19.6 Å². The van der Waals surface area contributed by atoms with Crippen LogP contribution < -0.4 is 5.32 Å². The second kappa shape index (κ2) is 6.57. The van der Waals surface area contributed by atoms with E-state index in [0.717, 1.165) is 5.56 Å². The summed E-state index contributed by atoms with van der Waals surface area (Å²) in [4.78, 5) is 13.7. The molecule has 1 N–H and O–H groups in total. The minimum atomic E-state index is -0.00349. The Morgan fingerprint density at radius 2 is 1.89 bits per heavy atom. The third kappa shape index (κ3) is 3.96. The molecule has 4 nitrogen and oxygen atoms in total. The maximum atomic E-state index is 11.9. The molecule has 0 bridgehead atoms. The molecule has 0 radical (unpaired) electrons. The molecule has 1 heterocycles. The van der Waals surface area contributed by atoms with E-state index in [4.69, 9.17) is 4.74 Å². The third-order valence-electron chi connectivity index (χ3n) is 3.39. The Labute approximate surface area is 114 Å². The molecular formula is C15H22N2O2. The molecule has 0 unspecified atom stereocenters. The largest absolute Gasteiger partial charge is 0.378 e. The highest BCUT2D eigenvalue weighted by atomic mass is 16.5.